The summed E-state index contributed by atoms with van der Waals surface area (Å²) in [6.45, 7) is 1.15. The van der Waals surface area contributed by atoms with E-state index in [1.807, 2.05) is 66.7 Å². The van der Waals surface area contributed by atoms with Gasteiger partial charge in [0.15, 0.2) is 0 Å². The zero-order valence-electron chi connectivity index (χ0n) is 14.1. The number of hydrogen-bond acceptors (Lipinski definition) is 3. The molecule has 0 bridgehead atoms. The van der Waals surface area contributed by atoms with Crippen LogP contribution >= 0.6 is 0 Å². The number of carbonyl (C=O) groups is 1. The summed E-state index contributed by atoms with van der Waals surface area (Å²) in [6.07, 6.45) is 1.33. The number of hydrogen-bond donors (Lipinski definition) is 1. The van der Waals surface area contributed by atoms with Gasteiger partial charge in [-0.25, -0.2) is 0 Å². The van der Waals surface area contributed by atoms with Gasteiger partial charge in [0.2, 0.25) is 5.91 Å². The van der Waals surface area contributed by atoms with Crippen molar-refractivity contribution in [1.82, 2.24) is 4.90 Å². The number of nitrogens with zero attached hydrogens (tertiary/aromatic N) is 2. The number of rotatable bonds is 4. The van der Waals surface area contributed by atoms with Crippen molar-refractivity contribution in [3.63, 3.8) is 0 Å². The molecule has 2 aromatic carbocycles. The Hall–Kier alpha value is -2.64. The third kappa shape index (κ3) is 3.42. The summed E-state index contributed by atoms with van der Waals surface area (Å²) in [4.78, 5) is 13.7. The van der Waals surface area contributed by atoms with Crippen LogP contribution in [0, 0.1) is 17.2 Å². The maximum Gasteiger partial charge on any atom is 0.236 e. The maximum atomic E-state index is 11.9. The maximum absolute atomic E-state index is 11.9. The SMILES string of the molecule is N#CCC(=O)N1CCC(C(O)(c2ccccc2)c2ccccc2)CC1. The Morgan fingerprint density at radius 1 is 1.04 bits per heavy atom. The molecule has 2 aromatic rings. The lowest BCUT2D eigenvalue weighted by molar-refractivity contribution is -0.133. The molecule has 1 N–H and O–H groups in total. The molecule has 1 saturated heterocycles. The largest absolute Gasteiger partial charge is 0.380 e. The van der Waals surface area contributed by atoms with E-state index < -0.39 is 5.60 Å². The molecule has 0 atom stereocenters. The topological polar surface area (TPSA) is 64.3 Å². The Morgan fingerprint density at radius 3 is 1.96 bits per heavy atom. The van der Waals surface area contributed by atoms with Crippen LogP contribution in [-0.2, 0) is 10.4 Å². The average Bonchev–Trinajstić information content (AvgIpc) is 2.69. The van der Waals surface area contributed by atoms with Crippen LogP contribution in [0.2, 0.25) is 0 Å². The van der Waals surface area contributed by atoms with E-state index in [2.05, 4.69) is 0 Å². The second-order valence-electron chi connectivity index (χ2n) is 6.49. The highest BCUT2D eigenvalue weighted by Crippen LogP contribution is 2.41. The van der Waals surface area contributed by atoms with E-state index in [0.29, 0.717) is 25.9 Å². The minimum Gasteiger partial charge on any atom is -0.380 e. The van der Waals surface area contributed by atoms with Crippen molar-refractivity contribution in [3.8, 4) is 6.07 Å². The van der Waals surface area contributed by atoms with Crippen molar-refractivity contribution in [1.29, 1.82) is 5.26 Å². The lowest BCUT2D eigenvalue weighted by atomic mass is 9.72. The third-order valence-electron chi connectivity index (χ3n) is 5.10. The number of carbonyl (C=O) groups excluding carboxylic acids is 1. The third-order valence-corrected chi connectivity index (χ3v) is 5.10. The van der Waals surface area contributed by atoms with Crippen LogP contribution < -0.4 is 0 Å². The van der Waals surface area contributed by atoms with Gasteiger partial charge in [0.05, 0.1) is 6.07 Å². The van der Waals surface area contributed by atoms with Gasteiger partial charge in [-0.2, -0.15) is 5.26 Å². The standard InChI is InChI=1S/C21H22N2O2/c22-14-11-20(24)23-15-12-19(13-16-23)21(25,17-7-3-1-4-8-17)18-9-5-2-6-10-18/h1-10,19,25H,11-13,15-16H2. The van der Waals surface area contributed by atoms with Gasteiger partial charge >= 0.3 is 0 Å². The van der Waals surface area contributed by atoms with Crippen LogP contribution in [-0.4, -0.2) is 29.0 Å². The Bertz CT molecular complexity index is 705. The van der Waals surface area contributed by atoms with Crippen LogP contribution in [0.25, 0.3) is 0 Å². The van der Waals surface area contributed by atoms with Gasteiger partial charge in [0.25, 0.3) is 0 Å². The van der Waals surface area contributed by atoms with E-state index >= 15 is 0 Å². The van der Waals surface area contributed by atoms with E-state index in [1.54, 1.807) is 4.90 Å². The van der Waals surface area contributed by atoms with Crippen LogP contribution in [0.15, 0.2) is 60.7 Å². The van der Waals surface area contributed by atoms with Crippen molar-refractivity contribution in [2.75, 3.05) is 13.1 Å². The summed E-state index contributed by atoms with van der Waals surface area (Å²) in [5.41, 5.74) is 0.679. The molecule has 0 aromatic heterocycles. The van der Waals surface area contributed by atoms with E-state index in [0.717, 1.165) is 11.1 Å². The van der Waals surface area contributed by atoms with Crippen molar-refractivity contribution in [2.24, 2.45) is 5.92 Å². The average molecular weight is 334 g/mol. The molecule has 4 heteroatoms. The summed E-state index contributed by atoms with van der Waals surface area (Å²) < 4.78 is 0. The first kappa shape index (κ1) is 17.2. The Morgan fingerprint density at radius 2 is 1.52 bits per heavy atom. The van der Waals surface area contributed by atoms with Gasteiger partial charge in [-0.15, -0.1) is 0 Å². The van der Waals surface area contributed by atoms with E-state index in [9.17, 15) is 9.90 Å². The molecule has 0 radical (unpaired) electrons. The number of piperidine rings is 1. The predicted molar refractivity (Wildman–Crippen MR) is 95.4 cm³/mol. The summed E-state index contributed by atoms with van der Waals surface area (Å²) in [7, 11) is 0. The van der Waals surface area contributed by atoms with Crippen molar-refractivity contribution in [2.45, 2.75) is 24.9 Å². The number of benzene rings is 2. The van der Waals surface area contributed by atoms with Gasteiger partial charge in [0, 0.05) is 13.1 Å². The highest BCUT2D eigenvalue weighted by atomic mass is 16.3. The molecule has 1 heterocycles. The highest BCUT2D eigenvalue weighted by molar-refractivity contribution is 5.78. The molecular formula is C21H22N2O2. The van der Waals surface area contributed by atoms with Crippen molar-refractivity contribution >= 4 is 5.91 Å². The molecule has 0 spiro atoms. The van der Waals surface area contributed by atoms with Crippen LogP contribution in [0.5, 0.6) is 0 Å². The molecule has 1 fully saturated rings. The van der Waals surface area contributed by atoms with Gasteiger partial charge in [-0.1, -0.05) is 60.7 Å². The zero-order valence-corrected chi connectivity index (χ0v) is 14.1. The minimum atomic E-state index is -1.08. The Labute approximate surface area is 148 Å². The van der Waals surface area contributed by atoms with E-state index in [1.165, 1.54) is 0 Å². The monoisotopic (exact) mass is 334 g/mol. The van der Waals surface area contributed by atoms with Crippen molar-refractivity contribution < 1.29 is 9.90 Å². The summed E-state index contributed by atoms with van der Waals surface area (Å²) in [5.74, 6) is -0.104. The van der Waals surface area contributed by atoms with Crippen LogP contribution in [0.3, 0.4) is 0 Å². The smallest absolute Gasteiger partial charge is 0.236 e. The summed E-state index contributed by atoms with van der Waals surface area (Å²) in [5, 5.41) is 20.5. The molecule has 128 valence electrons. The second-order valence-corrected chi connectivity index (χ2v) is 6.49. The minimum absolute atomic E-state index is 0.0171. The van der Waals surface area contributed by atoms with Crippen LogP contribution in [0.4, 0.5) is 0 Å². The molecular weight excluding hydrogens is 312 g/mol. The molecule has 1 amide bonds. The lowest BCUT2D eigenvalue weighted by Crippen LogP contribution is -2.45. The molecule has 0 saturated carbocycles. The van der Waals surface area contributed by atoms with Gasteiger partial charge in [-0.3, -0.25) is 4.79 Å². The molecule has 3 rings (SSSR count). The summed E-state index contributed by atoms with van der Waals surface area (Å²) in [6, 6.07) is 21.4. The number of amides is 1. The first-order valence-corrected chi connectivity index (χ1v) is 8.64. The molecule has 25 heavy (non-hydrogen) atoms. The highest BCUT2D eigenvalue weighted by Gasteiger charge is 2.41. The molecule has 4 nitrogen and oxygen atoms in total. The second kappa shape index (κ2) is 7.50. The molecule has 0 aliphatic carbocycles. The first-order valence-electron chi connectivity index (χ1n) is 8.64. The molecule has 0 unspecified atom stereocenters. The first-order chi connectivity index (χ1) is 12.2. The van der Waals surface area contributed by atoms with E-state index in [4.69, 9.17) is 5.26 Å². The number of aliphatic hydroxyl groups is 1. The summed E-state index contributed by atoms with van der Waals surface area (Å²) >= 11 is 0. The fourth-order valence-corrected chi connectivity index (χ4v) is 3.75. The van der Waals surface area contributed by atoms with Crippen molar-refractivity contribution in [3.05, 3.63) is 71.8 Å². The Balaban J connectivity index is 1.88. The van der Waals surface area contributed by atoms with E-state index in [-0.39, 0.29) is 18.2 Å². The predicted octanol–water partition coefficient (Wildman–Crippen LogP) is 3.07. The fraction of sp³-hybridized carbons (Fsp3) is 0.333. The Kier molecular flexibility index (Phi) is 5.16. The van der Waals surface area contributed by atoms with Gasteiger partial charge in [-0.05, 0) is 29.9 Å². The zero-order chi connectivity index (χ0) is 17.7. The van der Waals surface area contributed by atoms with Crippen LogP contribution in [0.1, 0.15) is 30.4 Å². The quantitative estimate of drug-likeness (QED) is 0.934. The number of nitriles is 1. The van der Waals surface area contributed by atoms with Gasteiger partial charge in [0.1, 0.15) is 12.0 Å². The van der Waals surface area contributed by atoms with Gasteiger partial charge < -0.3 is 10.0 Å². The number of likely N-dealkylation sites (tertiary alicyclic amines) is 1. The molecule has 1 aliphatic heterocycles. The molecule has 1 aliphatic rings. The normalized spacial score (nSPS) is 15.6. The fourth-order valence-electron chi connectivity index (χ4n) is 3.75. The lowest BCUT2D eigenvalue weighted by Gasteiger charge is -2.42.